The van der Waals surface area contributed by atoms with E-state index in [0.29, 0.717) is 28.3 Å². The second-order valence-electron chi connectivity index (χ2n) is 6.47. The Kier molecular flexibility index (Phi) is 17.8. The molecule has 35 heavy (non-hydrogen) atoms. The molecule has 2 heterocycles. The molecule has 3 rings (SSSR count). The third-order valence-corrected chi connectivity index (χ3v) is 4.21. The summed E-state index contributed by atoms with van der Waals surface area (Å²) in [5.74, 6) is -0.199. The van der Waals surface area contributed by atoms with Crippen molar-refractivity contribution in [3.63, 3.8) is 0 Å². The van der Waals surface area contributed by atoms with Crippen molar-refractivity contribution in [2.24, 2.45) is 0 Å². The maximum Gasteiger partial charge on any atom is 0.255 e. The first-order valence-corrected chi connectivity index (χ1v) is 12.0. The lowest BCUT2D eigenvalue weighted by molar-refractivity contribution is -0.113. The molecule has 0 bridgehead atoms. The van der Waals surface area contributed by atoms with Gasteiger partial charge in [-0.3, -0.25) is 14.4 Å². The first-order valence-electron chi connectivity index (χ1n) is 12.0. The molecule has 0 aliphatic rings. The van der Waals surface area contributed by atoms with Crippen molar-refractivity contribution in [3.05, 3.63) is 71.7 Å². The number of pyridine rings is 1. The van der Waals surface area contributed by atoms with Crippen molar-refractivity contribution in [1.29, 1.82) is 0 Å². The van der Waals surface area contributed by atoms with Gasteiger partial charge in [0.25, 0.3) is 5.91 Å². The number of benzene rings is 1. The van der Waals surface area contributed by atoms with Crippen molar-refractivity contribution >= 4 is 34.5 Å². The number of amides is 1. The Labute approximate surface area is 210 Å². The maximum atomic E-state index is 12.2. The number of hydrogen-bond acceptors (Lipinski definition) is 5. The molecule has 0 radical (unpaired) electrons. The second kappa shape index (κ2) is 18.7. The van der Waals surface area contributed by atoms with E-state index in [9.17, 15) is 14.4 Å². The normalized spacial score (nSPS) is 9.49. The predicted molar refractivity (Wildman–Crippen MR) is 148 cm³/mol. The first kappa shape index (κ1) is 33.4. The van der Waals surface area contributed by atoms with Crippen LogP contribution >= 0.6 is 0 Å². The summed E-state index contributed by atoms with van der Waals surface area (Å²) in [6.45, 7) is 18.7. The van der Waals surface area contributed by atoms with Gasteiger partial charge in [-0.15, -0.1) is 0 Å². The standard InChI is InChI=1S/C16H14N4O2.C6H10O.3C2H6/c1-10(21)14-9-20-8-13(5-6-15(20)19-14)18-16(22)11-3-2-4-12(17)7-11;1-4-5(2)6(3)7;3*1-2/h2-9H,17H2,1H3,(H,18,22);4H,1-3H3;3*1-2H3/b;5-4+;;;. The zero-order valence-corrected chi connectivity index (χ0v) is 22.9. The largest absolute Gasteiger partial charge is 0.399 e. The number of nitrogens with zero attached hydrogens (tertiary/aromatic N) is 2. The van der Waals surface area contributed by atoms with Crippen LogP contribution < -0.4 is 11.1 Å². The molecule has 0 spiro atoms. The van der Waals surface area contributed by atoms with E-state index in [1.54, 1.807) is 60.1 Å². The number of anilines is 2. The van der Waals surface area contributed by atoms with E-state index in [-0.39, 0.29) is 17.5 Å². The van der Waals surface area contributed by atoms with Crippen LogP contribution in [0.1, 0.15) is 90.1 Å². The van der Waals surface area contributed by atoms with E-state index in [1.807, 2.05) is 61.5 Å². The number of ketones is 2. The van der Waals surface area contributed by atoms with Crippen LogP contribution in [0.15, 0.2) is 60.4 Å². The number of fused-ring (bicyclic) bond motifs is 1. The summed E-state index contributed by atoms with van der Waals surface area (Å²) in [6, 6.07) is 10.2. The molecule has 0 aliphatic heterocycles. The molecule has 0 unspecified atom stereocenters. The molecule has 1 aromatic carbocycles. The number of rotatable bonds is 4. The number of Topliss-reactive ketones (excluding diaryl/α,β-unsaturated/α-hetero) is 2. The molecule has 0 aliphatic carbocycles. The molecular weight excluding hydrogens is 440 g/mol. The number of nitrogen functional groups attached to an aromatic ring is 1. The van der Waals surface area contributed by atoms with E-state index in [1.165, 1.54) is 6.92 Å². The minimum absolute atomic E-state index is 0.103. The lowest BCUT2D eigenvalue weighted by Gasteiger charge is -2.06. The van der Waals surface area contributed by atoms with Crippen LogP contribution in [0, 0.1) is 0 Å². The highest BCUT2D eigenvalue weighted by Crippen LogP contribution is 2.14. The molecule has 0 atom stereocenters. The van der Waals surface area contributed by atoms with Crippen molar-refractivity contribution in [2.45, 2.75) is 69.2 Å². The molecule has 7 nitrogen and oxygen atoms in total. The zero-order valence-electron chi connectivity index (χ0n) is 22.9. The van der Waals surface area contributed by atoms with Gasteiger partial charge in [-0.2, -0.15) is 0 Å². The summed E-state index contributed by atoms with van der Waals surface area (Å²) in [4.78, 5) is 38.0. The predicted octanol–water partition coefficient (Wildman–Crippen LogP) is 6.99. The Morgan fingerprint density at radius 3 is 1.97 bits per heavy atom. The Hall–Kier alpha value is -3.74. The Bertz CT molecular complexity index is 1100. The Morgan fingerprint density at radius 1 is 0.914 bits per heavy atom. The van der Waals surface area contributed by atoms with Crippen molar-refractivity contribution in [1.82, 2.24) is 9.38 Å². The van der Waals surface area contributed by atoms with Gasteiger partial charge in [-0.1, -0.05) is 53.7 Å². The SMILES string of the molecule is C/C=C(\C)C(C)=O.CC.CC.CC.CC(=O)c1cn2cc(NC(=O)c3cccc(N)c3)ccc2n1. The van der Waals surface area contributed by atoms with Crippen LogP contribution in [0.4, 0.5) is 11.4 Å². The van der Waals surface area contributed by atoms with E-state index in [0.717, 1.165) is 5.57 Å². The lowest BCUT2D eigenvalue weighted by Crippen LogP contribution is -2.12. The fraction of sp³-hybridized carbons (Fsp3) is 0.357. The first-order chi connectivity index (χ1) is 16.7. The molecule has 0 saturated heterocycles. The van der Waals surface area contributed by atoms with E-state index >= 15 is 0 Å². The number of allylic oxidation sites excluding steroid dienone is 2. The molecule has 3 aromatic rings. The zero-order chi connectivity index (χ0) is 27.6. The minimum Gasteiger partial charge on any atom is -0.399 e. The number of carbonyl (C=O) groups excluding carboxylic acids is 3. The van der Waals surface area contributed by atoms with Gasteiger partial charge in [-0.25, -0.2) is 4.98 Å². The fourth-order valence-corrected chi connectivity index (χ4v) is 2.32. The number of nitrogens with one attached hydrogen (secondary N) is 1. The van der Waals surface area contributed by atoms with Crippen LogP contribution in [0.25, 0.3) is 5.65 Å². The van der Waals surface area contributed by atoms with Gasteiger partial charge in [0.05, 0.1) is 5.69 Å². The highest BCUT2D eigenvalue weighted by molar-refractivity contribution is 6.04. The highest BCUT2D eigenvalue weighted by atomic mass is 16.1. The van der Waals surface area contributed by atoms with Crippen LogP contribution in [-0.4, -0.2) is 26.9 Å². The van der Waals surface area contributed by atoms with Crippen molar-refractivity contribution in [3.8, 4) is 0 Å². The maximum absolute atomic E-state index is 12.2. The summed E-state index contributed by atoms with van der Waals surface area (Å²) < 4.78 is 1.70. The quantitative estimate of drug-likeness (QED) is 0.237. The van der Waals surface area contributed by atoms with Gasteiger partial charge >= 0.3 is 0 Å². The topological polar surface area (TPSA) is 107 Å². The van der Waals surface area contributed by atoms with Crippen LogP contribution in [0.3, 0.4) is 0 Å². The molecule has 1 amide bonds. The highest BCUT2D eigenvalue weighted by Gasteiger charge is 2.09. The summed E-state index contributed by atoms with van der Waals surface area (Å²) >= 11 is 0. The molecule has 0 saturated carbocycles. The van der Waals surface area contributed by atoms with Gasteiger partial charge in [0.2, 0.25) is 0 Å². The van der Waals surface area contributed by atoms with Crippen LogP contribution in [-0.2, 0) is 4.79 Å². The van der Waals surface area contributed by atoms with Gasteiger partial charge in [-0.05, 0) is 56.7 Å². The third-order valence-electron chi connectivity index (χ3n) is 4.21. The monoisotopic (exact) mass is 482 g/mol. The summed E-state index contributed by atoms with van der Waals surface area (Å²) in [6.07, 6.45) is 5.15. The van der Waals surface area contributed by atoms with Crippen LogP contribution in [0.5, 0.6) is 0 Å². The number of imidazole rings is 1. The van der Waals surface area contributed by atoms with Crippen molar-refractivity contribution in [2.75, 3.05) is 11.1 Å². The van der Waals surface area contributed by atoms with Gasteiger partial charge in [0.1, 0.15) is 11.3 Å². The molecular formula is C28H42N4O3. The number of nitrogens with two attached hydrogens (primary N) is 1. The number of aromatic nitrogens is 2. The summed E-state index contributed by atoms with van der Waals surface area (Å²) in [5, 5.41) is 2.79. The summed E-state index contributed by atoms with van der Waals surface area (Å²) in [5.41, 5.74) is 9.16. The molecule has 3 N–H and O–H groups in total. The average Bonchev–Trinajstić information content (AvgIpc) is 3.31. The summed E-state index contributed by atoms with van der Waals surface area (Å²) in [7, 11) is 0. The average molecular weight is 483 g/mol. The molecule has 0 fully saturated rings. The number of carbonyl (C=O) groups is 3. The Balaban J connectivity index is 0. The Morgan fingerprint density at radius 2 is 1.51 bits per heavy atom. The minimum atomic E-state index is -0.251. The van der Waals surface area contributed by atoms with E-state index < -0.39 is 0 Å². The molecule has 7 heteroatoms. The van der Waals surface area contributed by atoms with E-state index in [4.69, 9.17) is 5.73 Å². The smallest absolute Gasteiger partial charge is 0.255 e. The lowest BCUT2D eigenvalue weighted by atomic mass is 10.2. The third kappa shape index (κ3) is 11.8. The van der Waals surface area contributed by atoms with Gasteiger partial charge in [0, 0.05) is 30.6 Å². The molecule has 192 valence electrons. The van der Waals surface area contributed by atoms with Crippen molar-refractivity contribution < 1.29 is 14.4 Å². The van der Waals surface area contributed by atoms with E-state index in [2.05, 4.69) is 10.3 Å². The van der Waals surface area contributed by atoms with Crippen LogP contribution in [0.2, 0.25) is 0 Å². The fourth-order valence-electron chi connectivity index (χ4n) is 2.32. The molecule has 2 aromatic heterocycles. The van der Waals surface area contributed by atoms with Gasteiger partial charge < -0.3 is 15.5 Å². The van der Waals surface area contributed by atoms with Gasteiger partial charge in [0.15, 0.2) is 11.6 Å². The second-order valence-corrected chi connectivity index (χ2v) is 6.47. The number of hydrogen-bond donors (Lipinski definition) is 2.